The van der Waals surface area contributed by atoms with Crippen LogP contribution in [0.3, 0.4) is 0 Å². The fourth-order valence-corrected chi connectivity index (χ4v) is 22.5. The zero-order chi connectivity index (χ0) is 93.1. The molecule has 0 N–H and O–H groups in total. The van der Waals surface area contributed by atoms with Crippen LogP contribution in [0, 0.1) is 0 Å². The third-order valence-corrected chi connectivity index (χ3v) is 29.0. The van der Waals surface area contributed by atoms with Gasteiger partial charge < -0.3 is 45.7 Å². The summed E-state index contributed by atoms with van der Waals surface area (Å²) in [7, 11) is 0. The highest BCUT2D eigenvalue weighted by Crippen LogP contribution is 2.48. The number of nitrogens with zero attached hydrogens (tertiary/aromatic N) is 6. The number of hydrogen-bond donors (Lipinski definition) is 0. The Balaban J connectivity index is 0.000000136. The van der Waals surface area contributed by atoms with E-state index in [0.29, 0.717) is 5.75 Å². The zero-order valence-electron chi connectivity index (χ0n) is 76.7. The number of benzene rings is 22. The number of rotatable bonds is 14. The number of fused-ring (bicyclic) bond motifs is 24. The molecule has 22 aromatic carbocycles. The van der Waals surface area contributed by atoms with Crippen LogP contribution in [-0.2, 0) is 0 Å². The molecule has 0 saturated carbocycles. The van der Waals surface area contributed by atoms with Crippen LogP contribution in [0.4, 0.5) is 0 Å². The maximum Gasteiger partial charge on any atom is 0.177 e. The fraction of sp³-hybridized carbons (Fsp3) is 0. The van der Waals surface area contributed by atoms with Gasteiger partial charge in [0.05, 0.1) is 66.2 Å². The second-order valence-electron chi connectivity index (χ2n) is 37.0. The first-order valence-electron chi connectivity index (χ1n) is 48.3. The van der Waals surface area contributed by atoms with Gasteiger partial charge in [0.1, 0.15) is 34.0 Å². The Hall–Kier alpha value is -19.2. The lowest BCUT2D eigenvalue weighted by molar-refractivity contribution is 0.476. The van der Waals surface area contributed by atoms with Crippen molar-refractivity contribution in [1.29, 1.82) is 0 Å². The van der Waals surface area contributed by atoms with Crippen molar-refractivity contribution in [3.8, 4) is 102 Å². The highest BCUT2D eigenvalue weighted by molar-refractivity contribution is 6.19. The Labute approximate surface area is 813 Å². The minimum absolute atomic E-state index is 0.689. The van der Waals surface area contributed by atoms with Gasteiger partial charge in [-0.25, -0.2) is 0 Å². The predicted octanol–water partition coefficient (Wildman–Crippen LogP) is 36.0. The van der Waals surface area contributed by atoms with Crippen LogP contribution in [0.5, 0.6) is 23.0 Å². The number of para-hydroxylation sites is 11. The summed E-state index contributed by atoms with van der Waals surface area (Å²) < 4.78 is 39.7. The molecule has 0 spiro atoms. The number of hydrogen-bond acceptors (Lipinski definition) is 4. The third kappa shape index (κ3) is 13.0. The molecular weight excluding hydrogens is 1730 g/mol. The van der Waals surface area contributed by atoms with Crippen LogP contribution in [0.1, 0.15) is 0 Å². The van der Waals surface area contributed by atoms with E-state index in [0.717, 1.165) is 117 Å². The van der Waals surface area contributed by atoms with Gasteiger partial charge in [-0.1, -0.05) is 243 Å². The summed E-state index contributed by atoms with van der Waals surface area (Å²) in [5, 5.41) is 18.9. The standard InChI is InChI=1S/2C66H41N3O2/c1-3-14-46(15-4-1)67-58-22-10-7-18-50(58)54-38-42(26-34-60(54)67)44-28-36-62-56(40-44)57-41-45(43-27-35-61-55(39-43)51-19-8-11-23-59(51)68(61)47-16-5-2-6-17-47)29-37-63(57)69(62)48-30-32-49(33-31-48)70-65-25-13-21-53-52-20-9-12-24-64(52)71-66(53)65;1-3-13-46(14-4-1)67-59-20-10-7-17-51(59)54-37-42(23-32-61(54)67)44-25-34-63-56(39-44)57-40-45(43-24-33-62-55(38-43)52-18-8-11-21-60(52)68(62)47-15-5-2-6-16-47)26-35-64(57)69(63)48-27-29-49(30-28-48)70-50-31-36-66-58(41-50)53-19-9-12-22-65(53)71-66/h2*1-41H. The van der Waals surface area contributed by atoms with Crippen molar-refractivity contribution in [2.75, 3.05) is 0 Å². The molecule has 10 nitrogen and oxygen atoms in total. The third-order valence-electron chi connectivity index (χ3n) is 29.0. The molecule has 0 atom stereocenters. The Morgan fingerprint density at radius 1 is 0.134 bits per heavy atom. The van der Waals surface area contributed by atoms with Crippen LogP contribution < -0.4 is 9.47 Å². The summed E-state index contributed by atoms with van der Waals surface area (Å²) in [6.45, 7) is 0. The van der Waals surface area contributed by atoms with Gasteiger partial charge in [0.15, 0.2) is 11.3 Å². The van der Waals surface area contributed by atoms with Crippen LogP contribution in [0.2, 0.25) is 0 Å². The van der Waals surface area contributed by atoms with Crippen molar-refractivity contribution < 1.29 is 18.3 Å². The molecule has 8 aromatic heterocycles. The Bertz CT molecular complexity index is 9930. The second kappa shape index (κ2) is 32.3. The summed E-state index contributed by atoms with van der Waals surface area (Å²) in [4.78, 5) is 0. The highest BCUT2D eigenvalue weighted by Gasteiger charge is 2.25. The van der Waals surface area contributed by atoms with Crippen molar-refractivity contribution in [2.24, 2.45) is 0 Å². The maximum absolute atomic E-state index is 6.56. The van der Waals surface area contributed by atoms with Crippen LogP contribution >= 0.6 is 0 Å². The van der Waals surface area contributed by atoms with E-state index in [1.807, 2.05) is 60.7 Å². The number of aromatic nitrogens is 6. The molecule has 142 heavy (non-hydrogen) atoms. The van der Waals surface area contributed by atoms with Gasteiger partial charge in [-0.2, -0.15) is 0 Å². The molecule has 8 heterocycles. The smallest absolute Gasteiger partial charge is 0.177 e. The van der Waals surface area contributed by atoms with Crippen molar-refractivity contribution >= 4 is 175 Å². The van der Waals surface area contributed by atoms with Crippen LogP contribution in [0.25, 0.3) is 253 Å². The minimum atomic E-state index is 0.689. The van der Waals surface area contributed by atoms with Crippen molar-refractivity contribution in [2.45, 2.75) is 0 Å². The molecular formula is C132H82N6O4. The van der Waals surface area contributed by atoms with Gasteiger partial charge in [-0.3, -0.25) is 0 Å². The second-order valence-corrected chi connectivity index (χ2v) is 37.0. The normalized spacial score (nSPS) is 11.9. The Morgan fingerprint density at radius 3 is 0.690 bits per heavy atom. The number of furan rings is 2. The van der Waals surface area contributed by atoms with Gasteiger partial charge >= 0.3 is 0 Å². The lowest BCUT2D eigenvalue weighted by atomic mass is 9.98. The molecule has 664 valence electrons. The van der Waals surface area contributed by atoms with Crippen molar-refractivity contribution in [3.63, 3.8) is 0 Å². The summed E-state index contributed by atoms with van der Waals surface area (Å²) >= 11 is 0. The van der Waals surface area contributed by atoms with E-state index in [2.05, 4.69) is 464 Å². The Kier molecular flexibility index (Phi) is 18.2. The van der Waals surface area contributed by atoms with Crippen molar-refractivity contribution in [1.82, 2.24) is 27.4 Å². The van der Waals surface area contributed by atoms with E-state index in [1.165, 1.54) is 153 Å². The van der Waals surface area contributed by atoms with Gasteiger partial charge in [-0.15, -0.1) is 0 Å². The number of ether oxygens (including phenoxy) is 2. The summed E-state index contributed by atoms with van der Waals surface area (Å²) in [5.41, 5.74) is 33.5. The lowest BCUT2D eigenvalue weighted by Crippen LogP contribution is -1.94. The molecule has 0 amide bonds. The first-order valence-corrected chi connectivity index (χ1v) is 48.3. The van der Waals surface area contributed by atoms with Crippen molar-refractivity contribution in [3.05, 3.63) is 497 Å². The molecule has 0 unspecified atom stereocenters. The zero-order valence-corrected chi connectivity index (χ0v) is 76.7. The largest absolute Gasteiger partial charge is 0.457 e. The average molecular weight is 1820 g/mol. The van der Waals surface area contributed by atoms with E-state index in [4.69, 9.17) is 18.3 Å². The SMILES string of the molecule is c1ccc(-n2c3ccccc3c3cc(-c4ccc5c(c4)c4cc(-c6ccc7c(c6)c6ccccc6n7-c6ccccc6)ccc4n5-c4ccc(Oc5ccc6oc7ccccc7c6c5)cc4)ccc32)cc1.c1ccc(-n2c3ccccc3c3cc(-c4ccc5c(c4)c4cc(-c6ccc7c(c6)c6ccccc6n7-c6ccccc6)ccc4n5-c4ccc(Oc5cccc6c5oc5ccccc56)cc4)ccc32)cc1. The van der Waals surface area contributed by atoms with Gasteiger partial charge in [0.25, 0.3) is 0 Å². The topological polar surface area (TPSA) is 74.3 Å². The van der Waals surface area contributed by atoms with E-state index in [1.54, 1.807) is 0 Å². The highest BCUT2D eigenvalue weighted by atomic mass is 16.5. The molecule has 0 bridgehead atoms. The first-order chi connectivity index (χ1) is 70.4. The molecule has 0 saturated heterocycles. The lowest BCUT2D eigenvalue weighted by Gasteiger charge is -2.11. The minimum Gasteiger partial charge on any atom is -0.457 e. The molecule has 0 aliphatic carbocycles. The van der Waals surface area contributed by atoms with E-state index in [9.17, 15) is 0 Å². The average Bonchev–Trinajstić information content (AvgIpc) is 1.58. The predicted molar refractivity (Wildman–Crippen MR) is 588 cm³/mol. The molecule has 0 aliphatic rings. The fourth-order valence-electron chi connectivity index (χ4n) is 22.5. The Morgan fingerprint density at radius 2 is 0.366 bits per heavy atom. The first kappa shape index (κ1) is 80.1. The van der Waals surface area contributed by atoms with Crippen LogP contribution in [-0.4, -0.2) is 27.4 Å². The summed E-state index contributed by atoms with van der Waals surface area (Å²) in [6.07, 6.45) is 0. The summed E-state index contributed by atoms with van der Waals surface area (Å²) in [5.74, 6) is 2.95. The monoisotopic (exact) mass is 1810 g/mol. The molecule has 30 aromatic rings. The maximum atomic E-state index is 6.56. The molecule has 0 aliphatic heterocycles. The quantitative estimate of drug-likeness (QED) is 0.109. The molecule has 0 fully saturated rings. The van der Waals surface area contributed by atoms with Gasteiger partial charge in [-0.05, 0) is 299 Å². The molecule has 0 radical (unpaired) electrons. The van der Waals surface area contributed by atoms with Gasteiger partial charge in [0.2, 0.25) is 0 Å². The van der Waals surface area contributed by atoms with E-state index >= 15 is 0 Å². The van der Waals surface area contributed by atoms with E-state index in [-0.39, 0.29) is 0 Å². The van der Waals surface area contributed by atoms with Gasteiger partial charge in [0, 0.05) is 120 Å². The van der Waals surface area contributed by atoms with E-state index < -0.39 is 0 Å². The summed E-state index contributed by atoms with van der Waals surface area (Å²) in [6, 6.07) is 178. The van der Waals surface area contributed by atoms with Crippen LogP contribution in [0.15, 0.2) is 506 Å². The molecule has 10 heteroatoms. The molecule has 30 rings (SSSR count).